The molecule has 9 rings (SSSR count). The maximum atomic E-state index is 13.9. The van der Waals surface area contributed by atoms with E-state index in [4.69, 9.17) is 24.7 Å². The lowest BCUT2D eigenvalue weighted by molar-refractivity contribution is -0.140. The third-order valence-corrected chi connectivity index (χ3v) is 12.6. The SMILES string of the molecule is COC(=O)N[C@H](C(=O)N1[C@@H]2C[C@H]2C[C@H]1c1nc2ccc(-c3cnc4cc(-c5cnc([C@@H]6C[C@H]7C[C@H]7N6C(=O)[C@H](C(C)C)N(C)C(=O)O)[nH]5)ccc4n3)cc2[nH]1)C(C)C. The maximum absolute atomic E-state index is 13.9. The second-order valence-electron chi connectivity index (χ2n) is 17.1. The summed E-state index contributed by atoms with van der Waals surface area (Å²) in [6, 6.07) is 10.1. The highest BCUT2D eigenvalue weighted by molar-refractivity contribution is 5.89. The van der Waals surface area contributed by atoms with Crippen LogP contribution >= 0.6 is 0 Å². The van der Waals surface area contributed by atoms with Crippen LogP contribution < -0.4 is 5.32 Å². The molecule has 0 unspecified atom stereocenters. The molecule has 2 aliphatic carbocycles. The van der Waals surface area contributed by atoms with E-state index in [-0.39, 0.29) is 47.8 Å². The third kappa shape index (κ3) is 6.47. The molecule has 2 aliphatic heterocycles. The number of amides is 4. The van der Waals surface area contributed by atoms with Gasteiger partial charge in [-0.1, -0.05) is 39.8 Å². The standard InChI is InChI=1S/C42H48N10O6/c1-19(2)35(49-41(55)58-6)39(53)51-31-13-24(31)16-34(51)38-46-26-10-8-22(12-28(26)47-38)29-17-43-27-11-21(7-9-25(27)45-29)30-18-44-37(48-30)33-15-23-14-32(23)52(33)40(54)36(20(3)4)50(5)42(56)57/h7-12,17-20,23-24,31-36H,13-16H2,1-6H3,(H,44,48)(H,46,47)(H,49,55)(H,56,57)/t23-,24+,31-,32-,33+,34+,35+,36+/m1/s1. The number of aromatic amines is 2. The van der Waals surface area contributed by atoms with Crippen molar-refractivity contribution in [1.82, 2.24) is 49.9 Å². The lowest BCUT2D eigenvalue weighted by atomic mass is 10.0. The monoisotopic (exact) mass is 788 g/mol. The fourth-order valence-electron chi connectivity index (χ4n) is 9.38. The molecule has 16 heteroatoms. The average molecular weight is 789 g/mol. The zero-order valence-corrected chi connectivity index (χ0v) is 33.3. The predicted octanol–water partition coefficient (Wildman–Crippen LogP) is 5.90. The molecule has 58 heavy (non-hydrogen) atoms. The molecule has 0 radical (unpaired) electrons. The second-order valence-corrected chi connectivity index (χ2v) is 17.1. The first-order chi connectivity index (χ1) is 27.8. The highest BCUT2D eigenvalue weighted by Gasteiger charge is 2.57. The quantitative estimate of drug-likeness (QED) is 0.132. The van der Waals surface area contributed by atoms with Crippen LogP contribution in [0.4, 0.5) is 9.59 Å². The van der Waals surface area contributed by atoms with Crippen molar-refractivity contribution in [2.75, 3.05) is 14.2 Å². The number of carboxylic acid groups (broad SMARTS) is 1. The molecule has 8 atom stereocenters. The Kier molecular flexibility index (Phi) is 9.12. The summed E-state index contributed by atoms with van der Waals surface area (Å²) in [6.07, 6.45) is 5.26. The van der Waals surface area contributed by atoms with Gasteiger partial charge < -0.3 is 34.9 Å². The molecule has 2 saturated carbocycles. The number of ether oxygens (including phenoxy) is 1. The molecule has 4 fully saturated rings. The van der Waals surface area contributed by atoms with Crippen LogP contribution in [0, 0.1) is 23.7 Å². The largest absolute Gasteiger partial charge is 0.465 e. The van der Waals surface area contributed by atoms with Gasteiger partial charge in [0, 0.05) is 30.3 Å². The normalized spacial score (nSPS) is 24.2. The number of carbonyl (C=O) groups excluding carboxylic acids is 3. The smallest absolute Gasteiger partial charge is 0.407 e. The third-order valence-electron chi connectivity index (χ3n) is 12.6. The minimum atomic E-state index is -1.12. The van der Waals surface area contributed by atoms with Crippen molar-refractivity contribution in [3.05, 3.63) is 60.4 Å². The van der Waals surface area contributed by atoms with Crippen molar-refractivity contribution in [2.45, 2.75) is 89.6 Å². The topological polar surface area (TPSA) is 203 Å². The number of aromatic nitrogens is 6. The fourth-order valence-corrected chi connectivity index (χ4v) is 9.38. The van der Waals surface area contributed by atoms with Gasteiger partial charge in [0.15, 0.2) is 0 Å². The number of piperidine rings is 2. The highest BCUT2D eigenvalue weighted by atomic mass is 16.5. The number of rotatable bonds is 10. The van der Waals surface area contributed by atoms with E-state index in [1.54, 1.807) is 12.4 Å². The number of H-pyrrole nitrogens is 2. The predicted molar refractivity (Wildman–Crippen MR) is 213 cm³/mol. The van der Waals surface area contributed by atoms with Gasteiger partial charge in [0.05, 0.1) is 65.0 Å². The second kappa shape index (κ2) is 14.1. The van der Waals surface area contributed by atoms with Crippen molar-refractivity contribution in [1.29, 1.82) is 0 Å². The molecular formula is C42H48N10O6. The molecule has 2 aromatic carbocycles. The Morgan fingerprint density at radius 1 is 0.793 bits per heavy atom. The van der Waals surface area contributed by atoms with Gasteiger partial charge >= 0.3 is 12.2 Å². The molecule has 4 aliphatic rings. The Morgan fingerprint density at radius 3 is 2.14 bits per heavy atom. The van der Waals surface area contributed by atoms with Crippen LogP contribution in [-0.2, 0) is 14.3 Å². The van der Waals surface area contributed by atoms with E-state index < -0.39 is 24.3 Å². The zero-order chi connectivity index (χ0) is 40.7. The van der Waals surface area contributed by atoms with E-state index in [1.165, 1.54) is 14.2 Å². The van der Waals surface area contributed by atoms with E-state index in [1.807, 2.05) is 73.9 Å². The van der Waals surface area contributed by atoms with Gasteiger partial charge in [0.1, 0.15) is 23.7 Å². The van der Waals surface area contributed by atoms with Crippen LogP contribution in [0.3, 0.4) is 0 Å². The van der Waals surface area contributed by atoms with E-state index >= 15 is 0 Å². The van der Waals surface area contributed by atoms with Gasteiger partial charge in [-0.15, -0.1) is 0 Å². The molecule has 302 valence electrons. The maximum Gasteiger partial charge on any atom is 0.407 e. The number of benzene rings is 2. The Hall–Kier alpha value is -6.06. The summed E-state index contributed by atoms with van der Waals surface area (Å²) < 4.78 is 4.80. The van der Waals surface area contributed by atoms with Crippen molar-refractivity contribution in [3.8, 4) is 22.5 Å². The van der Waals surface area contributed by atoms with E-state index in [0.717, 1.165) is 69.8 Å². The van der Waals surface area contributed by atoms with E-state index in [0.29, 0.717) is 28.9 Å². The van der Waals surface area contributed by atoms with Crippen LogP contribution in [0.15, 0.2) is 48.8 Å². The number of methoxy groups -OCH3 is 1. The molecule has 0 spiro atoms. The van der Waals surface area contributed by atoms with Crippen molar-refractivity contribution in [3.63, 3.8) is 0 Å². The lowest BCUT2D eigenvalue weighted by Gasteiger charge is -2.35. The molecule has 3 aromatic heterocycles. The number of nitrogens with zero attached hydrogens (tertiary/aromatic N) is 7. The molecule has 4 N–H and O–H groups in total. The van der Waals surface area contributed by atoms with Crippen LogP contribution in [0.1, 0.15) is 77.1 Å². The van der Waals surface area contributed by atoms with Crippen LogP contribution in [0.5, 0.6) is 0 Å². The first-order valence-electron chi connectivity index (χ1n) is 20.1. The van der Waals surface area contributed by atoms with Gasteiger partial charge in [-0.3, -0.25) is 19.5 Å². The number of alkyl carbamates (subject to hydrolysis) is 1. The summed E-state index contributed by atoms with van der Waals surface area (Å²) in [7, 11) is 2.75. The Morgan fingerprint density at radius 2 is 1.47 bits per heavy atom. The van der Waals surface area contributed by atoms with Crippen LogP contribution in [0.25, 0.3) is 44.6 Å². The van der Waals surface area contributed by atoms with E-state index in [9.17, 15) is 24.3 Å². The van der Waals surface area contributed by atoms with Crippen molar-refractivity contribution in [2.24, 2.45) is 23.7 Å². The minimum absolute atomic E-state index is 0.107. The van der Waals surface area contributed by atoms with Gasteiger partial charge in [0.25, 0.3) is 0 Å². The summed E-state index contributed by atoms with van der Waals surface area (Å²) in [5.41, 5.74) is 6.28. The molecular weight excluding hydrogens is 741 g/mol. The van der Waals surface area contributed by atoms with Crippen molar-refractivity contribution < 1.29 is 29.0 Å². The number of likely N-dealkylation sites (tertiary alicyclic amines) is 2. The summed E-state index contributed by atoms with van der Waals surface area (Å²) in [6.45, 7) is 7.57. The summed E-state index contributed by atoms with van der Waals surface area (Å²) >= 11 is 0. The van der Waals surface area contributed by atoms with Gasteiger partial charge in [0.2, 0.25) is 11.8 Å². The Labute approximate surface area is 334 Å². The number of hydrogen-bond acceptors (Lipinski definition) is 9. The Balaban J connectivity index is 0.928. The Bertz CT molecular complexity index is 2460. The molecule has 5 heterocycles. The number of nitrogens with one attached hydrogen (secondary N) is 3. The highest BCUT2D eigenvalue weighted by Crippen LogP contribution is 2.54. The first-order valence-corrected chi connectivity index (χ1v) is 20.1. The number of hydrogen-bond donors (Lipinski definition) is 4. The van der Waals surface area contributed by atoms with Gasteiger partial charge in [-0.05, 0) is 73.6 Å². The molecule has 0 bridgehead atoms. The summed E-state index contributed by atoms with van der Waals surface area (Å²) in [4.78, 5) is 82.9. The zero-order valence-electron chi connectivity index (χ0n) is 33.3. The number of carbonyl (C=O) groups is 4. The number of likely N-dealkylation sites (N-methyl/N-ethyl adjacent to an activating group) is 1. The number of fused-ring (bicyclic) bond motifs is 4. The molecule has 2 saturated heterocycles. The van der Waals surface area contributed by atoms with Crippen LogP contribution in [-0.4, -0.2) is 112 Å². The molecule has 5 aromatic rings. The van der Waals surface area contributed by atoms with Gasteiger partial charge in [-0.25, -0.2) is 24.5 Å². The number of imidazole rings is 2. The molecule has 4 amide bonds. The van der Waals surface area contributed by atoms with Crippen LogP contribution in [0.2, 0.25) is 0 Å². The summed E-state index contributed by atoms with van der Waals surface area (Å²) in [5.74, 6) is 1.63. The van der Waals surface area contributed by atoms with Crippen molar-refractivity contribution >= 4 is 46.1 Å². The first kappa shape index (κ1) is 37.5. The molecule has 16 nitrogen and oxygen atoms in total. The summed E-state index contributed by atoms with van der Waals surface area (Å²) in [5, 5.41) is 12.4. The minimum Gasteiger partial charge on any atom is -0.465 e. The average Bonchev–Trinajstić information content (AvgIpc) is 3.83. The van der Waals surface area contributed by atoms with Gasteiger partial charge in [-0.2, -0.15) is 0 Å². The fraction of sp³-hybridized carbons (Fsp3) is 0.476. The lowest BCUT2D eigenvalue weighted by Crippen LogP contribution is -2.52. The van der Waals surface area contributed by atoms with E-state index in [2.05, 4.69) is 15.3 Å².